The minimum atomic E-state index is 0.320. The van der Waals surface area contributed by atoms with Crippen molar-refractivity contribution < 1.29 is 5.11 Å². The van der Waals surface area contributed by atoms with Gasteiger partial charge in [0.15, 0.2) is 0 Å². The van der Waals surface area contributed by atoms with Gasteiger partial charge in [-0.3, -0.25) is 9.88 Å². The van der Waals surface area contributed by atoms with E-state index in [0.29, 0.717) is 11.8 Å². The molecule has 0 spiro atoms. The SMILES string of the molecule is Cc1ccc(O)c(CN2CCCC(C)C2C)n1. The summed E-state index contributed by atoms with van der Waals surface area (Å²) in [6.07, 6.45) is 2.56. The van der Waals surface area contributed by atoms with Gasteiger partial charge in [0.25, 0.3) is 0 Å². The van der Waals surface area contributed by atoms with Gasteiger partial charge >= 0.3 is 0 Å². The van der Waals surface area contributed by atoms with E-state index in [-0.39, 0.29) is 0 Å². The van der Waals surface area contributed by atoms with Gasteiger partial charge in [0.2, 0.25) is 0 Å². The van der Waals surface area contributed by atoms with Gasteiger partial charge in [0.1, 0.15) is 5.75 Å². The summed E-state index contributed by atoms with van der Waals surface area (Å²) in [7, 11) is 0. The Balaban J connectivity index is 2.11. The number of pyridine rings is 1. The van der Waals surface area contributed by atoms with E-state index in [2.05, 4.69) is 23.7 Å². The zero-order chi connectivity index (χ0) is 12.4. The maximum absolute atomic E-state index is 9.83. The molecule has 2 heterocycles. The molecule has 2 rings (SSSR count). The number of hydrogen-bond acceptors (Lipinski definition) is 3. The van der Waals surface area contributed by atoms with Gasteiger partial charge in [0, 0.05) is 18.3 Å². The van der Waals surface area contributed by atoms with E-state index in [1.165, 1.54) is 12.8 Å². The van der Waals surface area contributed by atoms with Gasteiger partial charge in [-0.1, -0.05) is 6.92 Å². The molecule has 1 aromatic heterocycles. The molecule has 0 radical (unpaired) electrons. The number of aromatic nitrogens is 1. The summed E-state index contributed by atoms with van der Waals surface area (Å²) >= 11 is 0. The molecule has 0 aromatic carbocycles. The Labute approximate surface area is 103 Å². The molecule has 1 N–H and O–H groups in total. The van der Waals surface area contributed by atoms with Gasteiger partial charge in [-0.25, -0.2) is 0 Å². The van der Waals surface area contributed by atoms with Crippen molar-refractivity contribution in [3.8, 4) is 5.75 Å². The fraction of sp³-hybridized carbons (Fsp3) is 0.643. The van der Waals surface area contributed by atoms with Gasteiger partial charge in [-0.15, -0.1) is 0 Å². The lowest BCUT2D eigenvalue weighted by Crippen LogP contribution is -2.41. The Hall–Kier alpha value is -1.09. The third kappa shape index (κ3) is 2.78. The summed E-state index contributed by atoms with van der Waals surface area (Å²) in [5, 5.41) is 9.83. The molecule has 1 aliphatic heterocycles. The van der Waals surface area contributed by atoms with Gasteiger partial charge in [-0.05, 0) is 51.3 Å². The minimum absolute atomic E-state index is 0.320. The van der Waals surface area contributed by atoms with Crippen molar-refractivity contribution >= 4 is 0 Å². The number of piperidine rings is 1. The van der Waals surface area contributed by atoms with Crippen LogP contribution in [0.2, 0.25) is 0 Å². The molecule has 94 valence electrons. The molecular weight excluding hydrogens is 212 g/mol. The highest BCUT2D eigenvalue weighted by Crippen LogP contribution is 2.26. The Morgan fingerprint density at radius 2 is 2.18 bits per heavy atom. The molecule has 1 fully saturated rings. The normalized spacial score (nSPS) is 26.1. The van der Waals surface area contributed by atoms with E-state index < -0.39 is 0 Å². The van der Waals surface area contributed by atoms with Crippen molar-refractivity contribution in [1.29, 1.82) is 0 Å². The topological polar surface area (TPSA) is 36.4 Å². The highest BCUT2D eigenvalue weighted by atomic mass is 16.3. The van der Waals surface area contributed by atoms with Crippen LogP contribution in [0.1, 0.15) is 38.1 Å². The lowest BCUT2D eigenvalue weighted by atomic mass is 9.92. The van der Waals surface area contributed by atoms with Crippen LogP contribution in [-0.4, -0.2) is 27.6 Å². The van der Waals surface area contributed by atoms with Crippen LogP contribution in [0.25, 0.3) is 0 Å². The number of rotatable bonds is 2. The molecule has 0 aliphatic carbocycles. The monoisotopic (exact) mass is 234 g/mol. The van der Waals surface area contributed by atoms with Gasteiger partial charge < -0.3 is 5.11 Å². The lowest BCUT2D eigenvalue weighted by molar-refractivity contribution is 0.104. The first kappa shape index (κ1) is 12.4. The number of nitrogens with zero attached hydrogens (tertiary/aromatic N) is 2. The second-order valence-corrected chi connectivity index (χ2v) is 5.25. The minimum Gasteiger partial charge on any atom is -0.506 e. The van der Waals surface area contributed by atoms with E-state index in [1.54, 1.807) is 6.07 Å². The van der Waals surface area contributed by atoms with E-state index in [1.807, 2.05) is 13.0 Å². The van der Waals surface area contributed by atoms with Crippen molar-refractivity contribution in [3.63, 3.8) is 0 Å². The summed E-state index contributed by atoms with van der Waals surface area (Å²) in [6, 6.07) is 4.17. The van der Waals surface area contributed by atoms with Crippen molar-refractivity contribution in [2.45, 2.75) is 46.2 Å². The summed E-state index contributed by atoms with van der Waals surface area (Å²) in [5.41, 5.74) is 1.78. The Morgan fingerprint density at radius 1 is 1.41 bits per heavy atom. The van der Waals surface area contributed by atoms with Crippen LogP contribution in [0.15, 0.2) is 12.1 Å². The molecule has 1 aromatic rings. The molecule has 1 saturated heterocycles. The molecule has 0 amide bonds. The van der Waals surface area contributed by atoms with Crippen LogP contribution in [0.5, 0.6) is 5.75 Å². The lowest BCUT2D eigenvalue weighted by Gasteiger charge is -2.37. The van der Waals surface area contributed by atoms with Gasteiger partial charge in [0.05, 0.1) is 5.69 Å². The molecule has 2 unspecified atom stereocenters. The molecule has 17 heavy (non-hydrogen) atoms. The van der Waals surface area contributed by atoms with Crippen molar-refractivity contribution in [2.24, 2.45) is 5.92 Å². The van der Waals surface area contributed by atoms with Crippen LogP contribution in [-0.2, 0) is 6.54 Å². The van der Waals surface area contributed by atoms with Crippen molar-refractivity contribution in [3.05, 3.63) is 23.5 Å². The smallest absolute Gasteiger partial charge is 0.138 e. The third-order valence-electron chi connectivity index (χ3n) is 3.95. The van der Waals surface area contributed by atoms with E-state index >= 15 is 0 Å². The molecule has 1 aliphatic rings. The first-order valence-electron chi connectivity index (χ1n) is 6.47. The summed E-state index contributed by atoms with van der Waals surface area (Å²) in [4.78, 5) is 6.86. The number of hydrogen-bond donors (Lipinski definition) is 1. The highest BCUT2D eigenvalue weighted by Gasteiger charge is 2.25. The third-order valence-corrected chi connectivity index (χ3v) is 3.95. The summed E-state index contributed by atoms with van der Waals surface area (Å²) in [6.45, 7) is 8.42. The second kappa shape index (κ2) is 5.05. The van der Waals surface area contributed by atoms with Crippen LogP contribution in [0.3, 0.4) is 0 Å². The molecular formula is C14H22N2O. The quantitative estimate of drug-likeness (QED) is 0.854. The standard InChI is InChI=1S/C14H22N2O/c1-10-5-4-8-16(12(10)3)9-13-14(17)7-6-11(2)15-13/h6-7,10,12,17H,4-5,8-9H2,1-3H3. The predicted octanol–water partition coefficient (Wildman–Crippen LogP) is 2.72. The largest absolute Gasteiger partial charge is 0.506 e. The number of aryl methyl sites for hydroxylation is 1. The first-order chi connectivity index (χ1) is 8.08. The second-order valence-electron chi connectivity index (χ2n) is 5.25. The van der Waals surface area contributed by atoms with Crippen LogP contribution >= 0.6 is 0 Å². The first-order valence-corrected chi connectivity index (χ1v) is 6.47. The average molecular weight is 234 g/mol. The summed E-state index contributed by atoms with van der Waals surface area (Å²) in [5.74, 6) is 1.05. The zero-order valence-corrected chi connectivity index (χ0v) is 11.0. The summed E-state index contributed by atoms with van der Waals surface area (Å²) < 4.78 is 0. The number of aromatic hydroxyl groups is 1. The Bertz CT molecular complexity index is 392. The van der Waals surface area contributed by atoms with E-state index in [4.69, 9.17) is 0 Å². The van der Waals surface area contributed by atoms with Crippen LogP contribution in [0.4, 0.5) is 0 Å². The highest BCUT2D eigenvalue weighted by molar-refractivity contribution is 5.27. The molecule has 3 nitrogen and oxygen atoms in total. The van der Waals surface area contributed by atoms with Crippen LogP contribution in [0, 0.1) is 12.8 Å². The maximum Gasteiger partial charge on any atom is 0.138 e. The number of likely N-dealkylation sites (tertiary alicyclic amines) is 1. The maximum atomic E-state index is 9.83. The van der Waals surface area contributed by atoms with Crippen molar-refractivity contribution in [1.82, 2.24) is 9.88 Å². The van der Waals surface area contributed by atoms with E-state index in [0.717, 1.165) is 30.4 Å². The molecule has 2 atom stereocenters. The molecule has 3 heteroatoms. The molecule has 0 bridgehead atoms. The Kier molecular flexibility index (Phi) is 3.67. The Morgan fingerprint density at radius 3 is 2.94 bits per heavy atom. The zero-order valence-electron chi connectivity index (χ0n) is 11.0. The van der Waals surface area contributed by atoms with E-state index in [9.17, 15) is 5.11 Å². The predicted molar refractivity (Wildman–Crippen MR) is 68.9 cm³/mol. The fourth-order valence-corrected chi connectivity index (χ4v) is 2.56. The molecule has 0 saturated carbocycles. The van der Waals surface area contributed by atoms with Crippen LogP contribution < -0.4 is 0 Å². The average Bonchev–Trinajstić information content (AvgIpc) is 2.30. The van der Waals surface area contributed by atoms with Crippen molar-refractivity contribution in [2.75, 3.05) is 6.54 Å². The fourth-order valence-electron chi connectivity index (χ4n) is 2.56. The van der Waals surface area contributed by atoms with Gasteiger partial charge in [-0.2, -0.15) is 0 Å².